The summed E-state index contributed by atoms with van der Waals surface area (Å²) in [6.45, 7) is 4.57. The van der Waals surface area contributed by atoms with E-state index >= 15 is 0 Å². The molecule has 1 aromatic carbocycles. The number of furan rings is 1. The van der Waals surface area contributed by atoms with Gasteiger partial charge < -0.3 is 14.5 Å². The number of amides is 1. The van der Waals surface area contributed by atoms with Crippen LogP contribution in [-0.4, -0.2) is 37.0 Å². The van der Waals surface area contributed by atoms with Gasteiger partial charge in [-0.2, -0.15) is 0 Å². The minimum absolute atomic E-state index is 0.0101. The monoisotopic (exact) mass is 392 g/mol. The van der Waals surface area contributed by atoms with Gasteiger partial charge in [0.1, 0.15) is 17.3 Å². The molecule has 2 heterocycles. The third-order valence-corrected chi connectivity index (χ3v) is 4.86. The predicted molar refractivity (Wildman–Crippen MR) is 101 cm³/mol. The Labute approximate surface area is 163 Å². The third kappa shape index (κ3) is 5.55. The summed E-state index contributed by atoms with van der Waals surface area (Å²) in [6.07, 6.45) is 3.02. The molecule has 0 radical (unpaired) electrons. The Bertz CT molecular complexity index is 788. The number of ether oxygens (including phenoxy) is 1. The Hall–Kier alpha value is -2.41. The molecule has 5 nitrogen and oxygen atoms in total. The highest BCUT2D eigenvalue weighted by Gasteiger charge is 2.26. The van der Waals surface area contributed by atoms with Crippen LogP contribution in [0.4, 0.5) is 8.78 Å². The number of nitrogens with zero attached hydrogens (tertiary/aromatic N) is 1. The molecule has 28 heavy (non-hydrogen) atoms. The second kappa shape index (κ2) is 9.68. The van der Waals surface area contributed by atoms with Crippen LogP contribution in [0.2, 0.25) is 0 Å². The van der Waals surface area contributed by atoms with Gasteiger partial charge in [0, 0.05) is 19.0 Å². The highest BCUT2D eigenvalue weighted by molar-refractivity contribution is 5.75. The van der Waals surface area contributed by atoms with Crippen LogP contribution in [0.15, 0.2) is 34.7 Å². The second-order valence-electron chi connectivity index (χ2n) is 7.04. The maximum absolute atomic E-state index is 13.5. The molecule has 0 bridgehead atoms. The van der Waals surface area contributed by atoms with Crippen molar-refractivity contribution < 1.29 is 22.7 Å². The van der Waals surface area contributed by atoms with Crippen molar-refractivity contribution in [3.8, 4) is 5.75 Å². The van der Waals surface area contributed by atoms with Crippen molar-refractivity contribution in [3.05, 3.63) is 53.5 Å². The van der Waals surface area contributed by atoms with Crippen LogP contribution in [0.5, 0.6) is 5.75 Å². The molecule has 1 saturated heterocycles. The lowest BCUT2D eigenvalue weighted by molar-refractivity contribution is -0.121. The summed E-state index contributed by atoms with van der Waals surface area (Å²) in [7, 11) is 0. The summed E-state index contributed by atoms with van der Waals surface area (Å²) in [5, 5.41) is 2.97. The second-order valence-corrected chi connectivity index (χ2v) is 7.04. The number of hydrogen-bond acceptors (Lipinski definition) is 4. The quantitative estimate of drug-likeness (QED) is 0.656. The molecule has 1 amide bonds. The third-order valence-electron chi connectivity index (χ3n) is 4.86. The molecule has 1 fully saturated rings. The molecule has 7 heteroatoms. The minimum atomic E-state index is -0.744. The van der Waals surface area contributed by atoms with Crippen molar-refractivity contribution in [2.45, 2.75) is 38.6 Å². The average molecular weight is 392 g/mol. The molecule has 3 rings (SSSR count). The van der Waals surface area contributed by atoms with Gasteiger partial charge in [0.05, 0.1) is 12.6 Å². The lowest BCUT2D eigenvalue weighted by Gasteiger charge is -2.26. The number of aryl methyl sites for hydroxylation is 1. The first-order valence-corrected chi connectivity index (χ1v) is 9.68. The lowest BCUT2D eigenvalue weighted by Crippen LogP contribution is -2.36. The Kier molecular flexibility index (Phi) is 7.03. The molecule has 0 aliphatic carbocycles. The van der Waals surface area contributed by atoms with Crippen LogP contribution in [-0.2, 0) is 4.79 Å². The Morgan fingerprint density at radius 1 is 1.25 bits per heavy atom. The lowest BCUT2D eigenvalue weighted by atomic mass is 10.2. The molecule has 1 N–H and O–H groups in total. The number of carbonyl (C=O) groups excluding carboxylic acids is 1. The highest BCUT2D eigenvalue weighted by Crippen LogP contribution is 2.26. The summed E-state index contributed by atoms with van der Waals surface area (Å²) < 4.78 is 37.4. The van der Waals surface area contributed by atoms with Crippen molar-refractivity contribution in [3.63, 3.8) is 0 Å². The molecule has 1 atom stereocenters. The SMILES string of the molecule is Cc1ccc(C(CNC(=O)CCCOc2ccc(F)cc2F)N2CCCC2)o1. The van der Waals surface area contributed by atoms with E-state index in [0.29, 0.717) is 13.0 Å². The standard InChI is InChI=1S/C21H26F2N2O3/c1-15-6-8-20(28-15)18(25-10-2-3-11-25)14-24-21(26)5-4-12-27-19-9-7-16(22)13-17(19)23/h6-9,13,18H,2-5,10-12,14H2,1H3,(H,24,26). The highest BCUT2D eigenvalue weighted by atomic mass is 19.1. The molecule has 1 aliphatic rings. The van der Waals surface area contributed by atoms with Crippen molar-refractivity contribution in [2.24, 2.45) is 0 Å². The molecule has 0 spiro atoms. The van der Waals surface area contributed by atoms with Gasteiger partial charge in [-0.1, -0.05) is 0 Å². The summed E-state index contributed by atoms with van der Waals surface area (Å²) in [4.78, 5) is 14.5. The number of likely N-dealkylation sites (tertiary alicyclic amines) is 1. The van der Waals surface area contributed by atoms with Gasteiger partial charge in [-0.25, -0.2) is 8.78 Å². The predicted octanol–water partition coefficient (Wildman–Crippen LogP) is 3.98. The van der Waals surface area contributed by atoms with E-state index in [0.717, 1.165) is 49.6 Å². The van der Waals surface area contributed by atoms with Crippen LogP contribution in [0.25, 0.3) is 0 Å². The van der Waals surface area contributed by atoms with Crippen LogP contribution < -0.4 is 10.1 Å². The maximum Gasteiger partial charge on any atom is 0.220 e. The van der Waals surface area contributed by atoms with Gasteiger partial charge >= 0.3 is 0 Å². The first kappa shape index (κ1) is 20.3. The maximum atomic E-state index is 13.5. The van der Waals surface area contributed by atoms with Crippen molar-refractivity contribution in [1.29, 1.82) is 0 Å². The number of nitrogens with one attached hydrogen (secondary N) is 1. The molecule has 0 saturated carbocycles. The molecule has 1 aliphatic heterocycles. The fourth-order valence-electron chi connectivity index (χ4n) is 3.40. The van der Waals surface area contributed by atoms with Crippen molar-refractivity contribution >= 4 is 5.91 Å². The zero-order valence-corrected chi connectivity index (χ0v) is 16.0. The van der Waals surface area contributed by atoms with Gasteiger partial charge in [0.2, 0.25) is 5.91 Å². The van der Waals surface area contributed by atoms with Gasteiger partial charge in [-0.05, 0) is 63.5 Å². The summed E-state index contributed by atoms with van der Waals surface area (Å²) in [5.74, 6) is 0.237. The fourth-order valence-corrected chi connectivity index (χ4v) is 3.40. The number of benzene rings is 1. The van der Waals surface area contributed by atoms with E-state index in [-0.39, 0.29) is 30.7 Å². The Morgan fingerprint density at radius 2 is 2.04 bits per heavy atom. The summed E-state index contributed by atoms with van der Waals surface area (Å²) in [6, 6.07) is 7.10. The molecular formula is C21H26F2N2O3. The normalized spacial score (nSPS) is 15.5. The number of hydrogen-bond donors (Lipinski definition) is 1. The summed E-state index contributed by atoms with van der Waals surface area (Å²) in [5.41, 5.74) is 0. The zero-order valence-electron chi connectivity index (χ0n) is 16.0. The molecule has 1 aromatic heterocycles. The van der Waals surface area contributed by atoms with Crippen LogP contribution >= 0.6 is 0 Å². The average Bonchev–Trinajstić information content (AvgIpc) is 3.33. The largest absolute Gasteiger partial charge is 0.491 e. The van der Waals surface area contributed by atoms with Crippen molar-refractivity contribution in [1.82, 2.24) is 10.2 Å². The van der Waals surface area contributed by atoms with E-state index in [4.69, 9.17) is 9.15 Å². The fraction of sp³-hybridized carbons (Fsp3) is 0.476. The number of carbonyl (C=O) groups is 1. The van der Waals surface area contributed by atoms with E-state index in [1.54, 1.807) is 0 Å². The van der Waals surface area contributed by atoms with Crippen LogP contribution in [0, 0.1) is 18.6 Å². The van der Waals surface area contributed by atoms with Crippen LogP contribution in [0.1, 0.15) is 43.2 Å². The van der Waals surface area contributed by atoms with E-state index in [9.17, 15) is 13.6 Å². The van der Waals surface area contributed by atoms with Gasteiger partial charge in [0.25, 0.3) is 0 Å². The molecule has 152 valence electrons. The van der Waals surface area contributed by atoms with Gasteiger partial charge in [-0.15, -0.1) is 0 Å². The minimum Gasteiger partial charge on any atom is -0.491 e. The molecule has 2 aromatic rings. The smallest absolute Gasteiger partial charge is 0.220 e. The first-order valence-electron chi connectivity index (χ1n) is 9.68. The van der Waals surface area contributed by atoms with Gasteiger partial charge in [-0.3, -0.25) is 9.69 Å². The number of rotatable bonds is 9. The summed E-state index contributed by atoms with van der Waals surface area (Å²) >= 11 is 0. The van der Waals surface area contributed by atoms with E-state index in [2.05, 4.69) is 10.2 Å². The number of halogens is 2. The Morgan fingerprint density at radius 3 is 2.71 bits per heavy atom. The zero-order chi connectivity index (χ0) is 19.9. The van der Waals surface area contributed by atoms with E-state index in [1.165, 1.54) is 6.07 Å². The van der Waals surface area contributed by atoms with Gasteiger partial charge in [0.15, 0.2) is 11.6 Å². The van der Waals surface area contributed by atoms with E-state index < -0.39 is 11.6 Å². The Balaban J connectivity index is 1.43. The van der Waals surface area contributed by atoms with E-state index in [1.807, 2.05) is 19.1 Å². The van der Waals surface area contributed by atoms with Crippen molar-refractivity contribution in [2.75, 3.05) is 26.2 Å². The first-order chi connectivity index (χ1) is 13.5. The molecule has 1 unspecified atom stereocenters. The topological polar surface area (TPSA) is 54.7 Å². The van der Waals surface area contributed by atoms with Crippen LogP contribution in [0.3, 0.4) is 0 Å². The molecular weight excluding hydrogens is 366 g/mol.